The fourth-order valence-corrected chi connectivity index (χ4v) is 5.21. The van der Waals surface area contributed by atoms with E-state index in [2.05, 4.69) is 5.32 Å². The number of rotatable bonds is 8. The van der Waals surface area contributed by atoms with Gasteiger partial charge in [0.1, 0.15) is 5.69 Å². The number of para-hydroxylation sites is 1. The van der Waals surface area contributed by atoms with Gasteiger partial charge in [0.25, 0.3) is 5.56 Å². The molecule has 0 aliphatic carbocycles. The molecule has 4 aromatic rings. The Kier molecular flexibility index (Phi) is 6.99. The summed E-state index contributed by atoms with van der Waals surface area (Å²) >= 11 is 0. The molecule has 0 fully saturated rings. The molecule has 4 rings (SSSR count). The molecular weight excluding hydrogens is 464 g/mol. The van der Waals surface area contributed by atoms with Crippen molar-refractivity contribution in [1.82, 2.24) is 13.7 Å². The maximum Gasteiger partial charge on any atom is 0.295 e. The monoisotopic (exact) mass is 490 g/mol. The zero-order valence-corrected chi connectivity index (χ0v) is 20.3. The summed E-state index contributed by atoms with van der Waals surface area (Å²) < 4.78 is 31.0. The summed E-state index contributed by atoms with van der Waals surface area (Å²) in [4.78, 5) is 26.3. The number of hydrogen-bond donors (Lipinski definition) is 1. The summed E-state index contributed by atoms with van der Waals surface area (Å²) in [5.41, 5.74) is 1.65. The van der Waals surface area contributed by atoms with E-state index in [1.54, 1.807) is 61.1 Å². The highest BCUT2D eigenvalue weighted by Crippen LogP contribution is 2.19. The number of anilines is 1. The third-order valence-electron chi connectivity index (χ3n) is 5.72. The van der Waals surface area contributed by atoms with Crippen LogP contribution in [0.5, 0.6) is 0 Å². The number of nitrogens with zero attached hydrogens (tertiary/aromatic N) is 3. The van der Waals surface area contributed by atoms with E-state index >= 15 is 0 Å². The fraction of sp³-hybridized carbons (Fsp3) is 0.154. The van der Waals surface area contributed by atoms with E-state index in [-0.39, 0.29) is 17.1 Å². The van der Waals surface area contributed by atoms with Crippen molar-refractivity contribution in [1.29, 1.82) is 0 Å². The second-order valence-corrected chi connectivity index (χ2v) is 9.99. The van der Waals surface area contributed by atoms with Crippen LogP contribution < -0.4 is 10.9 Å². The van der Waals surface area contributed by atoms with E-state index in [0.717, 1.165) is 9.87 Å². The Bertz CT molecular complexity index is 1480. The average molecular weight is 491 g/mol. The fourth-order valence-electron chi connectivity index (χ4n) is 3.81. The number of nitrogens with one attached hydrogen (secondary N) is 1. The molecule has 0 atom stereocenters. The van der Waals surface area contributed by atoms with E-state index in [0.29, 0.717) is 11.4 Å². The van der Waals surface area contributed by atoms with Gasteiger partial charge in [0.15, 0.2) is 0 Å². The van der Waals surface area contributed by atoms with Gasteiger partial charge in [-0.15, -0.1) is 0 Å². The minimum absolute atomic E-state index is 0.00745. The molecule has 0 bridgehead atoms. The van der Waals surface area contributed by atoms with Crippen LogP contribution in [0.3, 0.4) is 0 Å². The predicted molar refractivity (Wildman–Crippen MR) is 135 cm³/mol. The molecule has 1 aromatic heterocycles. The lowest BCUT2D eigenvalue weighted by atomic mass is 10.2. The van der Waals surface area contributed by atoms with E-state index in [9.17, 15) is 18.0 Å². The molecule has 0 saturated heterocycles. The van der Waals surface area contributed by atoms with Crippen molar-refractivity contribution < 1.29 is 13.2 Å². The second-order valence-electron chi connectivity index (χ2n) is 8.06. The number of sulfonamides is 1. The summed E-state index contributed by atoms with van der Waals surface area (Å²) in [5.74, 6) is -0.605. The molecule has 1 N–H and O–H groups in total. The first-order valence-corrected chi connectivity index (χ1v) is 12.5. The van der Waals surface area contributed by atoms with Gasteiger partial charge in [0.2, 0.25) is 15.9 Å². The van der Waals surface area contributed by atoms with Crippen LogP contribution in [0.2, 0.25) is 0 Å². The smallest absolute Gasteiger partial charge is 0.295 e. The van der Waals surface area contributed by atoms with Crippen LogP contribution >= 0.6 is 0 Å². The summed E-state index contributed by atoms with van der Waals surface area (Å²) in [6.45, 7) is 1.28. The molecule has 1 heterocycles. The first-order valence-electron chi connectivity index (χ1n) is 11.0. The van der Waals surface area contributed by atoms with Crippen molar-refractivity contribution in [2.45, 2.75) is 18.4 Å². The van der Waals surface area contributed by atoms with Crippen LogP contribution in [-0.2, 0) is 28.4 Å². The number of carbonyl (C=O) groups is 1. The van der Waals surface area contributed by atoms with Gasteiger partial charge < -0.3 is 5.32 Å². The molecule has 35 heavy (non-hydrogen) atoms. The van der Waals surface area contributed by atoms with Crippen LogP contribution in [0.4, 0.5) is 5.69 Å². The Morgan fingerprint density at radius 1 is 0.886 bits per heavy atom. The van der Waals surface area contributed by atoms with Crippen LogP contribution in [0.15, 0.2) is 101 Å². The van der Waals surface area contributed by atoms with E-state index < -0.39 is 28.0 Å². The Morgan fingerprint density at radius 3 is 2.03 bits per heavy atom. The highest BCUT2D eigenvalue weighted by atomic mass is 32.2. The van der Waals surface area contributed by atoms with Crippen LogP contribution in [-0.4, -0.2) is 34.5 Å². The maximum absolute atomic E-state index is 13.4. The minimum Gasteiger partial charge on any atom is -0.319 e. The van der Waals surface area contributed by atoms with Crippen molar-refractivity contribution in [3.05, 3.63) is 113 Å². The lowest BCUT2D eigenvalue weighted by molar-refractivity contribution is -0.116. The van der Waals surface area contributed by atoms with Gasteiger partial charge >= 0.3 is 0 Å². The summed E-state index contributed by atoms with van der Waals surface area (Å²) in [6, 6.07) is 26.1. The van der Waals surface area contributed by atoms with Crippen LogP contribution in [0.25, 0.3) is 5.69 Å². The average Bonchev–Trinajstić information content (AvgIpc) is 3.08. The van der Waals surface area contributed by atoms with Crippen molar-refractivity contribution in [2.24, 2.45) is 7.05 Å². The lowest BCUT2D eigenvalue weighted by Gasteiger charge is -2.22. The molecule has 0 radical (unpaired) electrons. The van der Waals surface area contributed by atoms with Gasteiger partial charge in [-0.3, -0.25) is 14.3 Å². The molecule has 9 heteroatoms. The van der Waals surface area contributed by atoms with Gasteiger partial charge in [0.05, 0.1) is 22.8 Å². The van der Waals surface area contributed by atoms with Crippen LogP contribution in [0.1, 0.15) is 11.3 Å². The van der Waals surface area contributed by atoms with Crippen molar-refractivity contribution >= 4 is 21.6 Å². The van der Waals surface area contributed by atoms with Gasteiger partial charge in [-0.05, 0) is 36.8 Å². The lowest BCUT2D eigenvalue weighted by Crippen LogP contribution is -2.38. The number of benzene rings is 3. The Hall–Kier alpha value is -3.95. The number of aromatic nitrogens is 2. The molecule has 0 aliphatic heterocycles. The Labute approximate surface area is 204 Å². The second kappa shape index (κ2) is 10.1. The quantitative estimate of drug-likeness (QED) is 0.410. The van der Waals surface area contributed by atoms with Gasteiger partial charge in [-0.1, -0.05) is 66.7 Å². The number of hydrogen-bond acceptors (Lipinski definition) is 4. The van der Waals surface area contributed by atoms with E-state index in [1.165, 1.54) is 16.8 Å². The number of carbonyl (C=O) groups excluding carboxylic acids is 1. The first-order chi connectivity index (χ1) is 16.8. The molecule has 0 spiro atoms. The number of amides is 1. The molecule has 1 amide bonds. The molecule has 0 unspecified atom stereocenters. The van der Waals surface area contributed by atoms with Crippen molar-refractivity contribution in [3.63, 3.8) is 0 Å². The zero-order valence-electron chi connectivity index (χ0n) is 19.5. The zero-order chi connectivity index (χ0) is 25.0. The Balaban J connectivity index is 1.64. The normalized spacial score (nSPS) is 11.5. The minimum atomic E-state index is -3.97. The van der Waals surface area contributed by atoms with Gasteiger partial charge in [-0.25, -0.2) is 13.1 Å². The largest absolute Gasteiger partial charge is 0.319 e. The standard InChI is InChI=1S/C26H26N4O4S/c1-20-25(26(32)30(28(20)2)22-14-8-4-9-15-22)27-24(31)19-29(18-21-12-6-3-7-13-21)35(33,34)23-16-10-5-11-17-23/h3-17H,18-19H2,1-2H3,(H,27,31). The Morgan fingerprint density at radius 2 is 1.43 bits per heavy atom. The molecule has 180 valence electrons. The van der Waals surface area contributed by atoms with Crippen LogP contribution in [0, 0.1) is 6.92 Å². The first kappa shape index (κ1) is 24.2. The third-order valence-corrected chi connectivity index (χ3v) is 7.53. The van der Waals surface area contributed by atoms with E-state index in [4.69, 9.17) is 0 Å². The topological polar surface area (TPSA) is 93.4 Å². The van der Waals surface area contributed by atoms with Crippen molar-refractivity contribution in [3.8, 4) is 5.69 Å². The molecular formula is C26H26N4O4S. The summed E-state index contributed by atoms with van der Waals surface area (Å²) in [6.07, 6.45) is 0. The maximum atomic E-state index is 13.4. The predicted octanol–water partition coefficient (Wildman–Crippen LogP) is 3.31. The SMILES string of the molecule is Cc1c(NC(=O)CN(Cc2ccccc2)S(=O)(=O)c2ccccc2)c(=O)n(-c2ccccc2)n1C. The van der Waals surface area contributed by atoms with E-state index in [1.807, 2.05) is 36.4 Å². The molecule has 8 nitrogen and oxygen atoms in total. The molecule has 0 saturated carbocycles. The summed E-state index contributed by atoms with van der Waals surface area (Å²) in [5, 5.41) is 2.65. The highest BCUT2D eigenvalue weighted by molar-refractivity contribution is 7.89. The highest BCUT2D eigenvalue weighted by Gasteiger charge is 2.28. The molecule has 3 aromatic carbocycles. The molecule has 0 aliphatic rings. The third kappa shape index (κ3) is 5.11. The van der Waals surface area contributed by atoms with Gasteiger partial charge in [-0.2, -0.15) is 4.31 Å². The van der Waals surface area contributed by atoms with Gasteiger partial charge in [0, 0.05) is 13.6 Å². The van der Waals surface area contributed by atoms with Crippen molar-refractivity contribution in [2.75, 3.05) is 11.9 Å². The summed E-state index contributed by atoms with van der Waals surface area (Å²) in [7, 11) is -2.25.